The Labute approximate surface area is 125 Å². The average molecular weight is 301 g/mol. The van der Waals surface area contributed by atoms with E-state index in [0.29, 0.717) is 12.3 Å². The molecule has 0 aromatic heterocycles. The Balaban J connectivity index is 2.12. The lowest BCUT2D eigenvalue weighted by molar-refractivity contribution is 0.221. The minimum Gasteiger partial charge on any atom is -0.204 e. The summed E-state index contributed by atoms with van der Waals surface area (Å²) in [5, 5.41) is -0.00254. The van der Waals surface area contributed by atoms with Gasteiger partial charge in [-0.05, 0) is 54.7 Å². The fraction of sp³-hybridized carbons (Fsp3) is 0.647. The predicted octanol–water partition coefficient (Wildman–Crippen LogP) is 5.72. The van der Waals surface area contributed by atoms with Crippen LogP contribution < -0.4 is 0 Å². The molecule has 0 aliphatic heterocycles. The summed E-state index contributed by atoms with van der Waals surface area (Å²) >= 11 is 6.70. The summed E-state index contributed by atoms with van der Waals surface area (Å²) in [4.78, 5) is 0. The van der Waals surface area contributed by atoms with Gasteiger partial charge in [-0.15, -0.1) is 11.6 Å². The average Bonchev–Trinajstić information content (AvgIpc) is 2.83. The molecule has 1 aromatic rings. The van der Waals surface area contributed by atoms with Crippen LogP contribution in [0.4, 0.5) is 8.78 Å². The molecular weight excluding hydrogens is 278 g/mol. The van der Waals surface area contributed by atoms with E-state index in [1.54, 1.807) is 6.07 Å². The number of hydrogen-bond donors (Lipinski definition) is 0. The van der Waals surface area contributed by atoms with Crippen LogP contribution in [0.5, 0.6) is 0 Å². The quantitative estimate of drug-likeness (QED) is 0.610. The van der Waals surface area contributed by atoms with E-state index in [9.17, 15) is 8.78 Å². The molecule has 2 rings (SSSR count). The highest BCUT2D eigenvalue weighted by molar-refractivity contribution is 6.21. The predicted molar refractivity (Wildman–Crippen MR) is 80.1 cm³/mol. The number of alkyl halides is 1. The summed E-state index contributed by atoms with van der Waals surface area (Å²) < 4.78 is 26.3. The van der Waals surface area contributed by atoms with Crippen LogP contribution in [0.1, 0.15) is 51.5 Å². The van der Waals surface area contributed by atoms with Crippen molar-refractivity contribution in [3.63, 3.8) is 0 Å². The van der Waals surface area contributed by atoms with Crippen LogP contribution >= 0.6 is 11.6 Å². The first-order chi connectivity index (χ1) is 9.43. The maximum Gasteiger partial charge on any atom is 0.159 e. The Morgan fingerprint density at radius 3 is 2.35 bits per heavy atom. The van der Waals surface area contributed by atoms with E-state index in [4.69, 9.17) is 11.6 Å². The molecule has 112 valence electrons. The van der Waals surface area contributed by atoms with Gasteiger partial charge >= 0.3 is 0 Å². The number of benzene rings is 1. The van der Waals surface area contributed by atoms with E-state index >= 15 is 0 Å². The second-order valence-electron chi connectivity index (χ2n) is 6.59. The molecule has 20 heavy (non-hydrogen) atoms. The Morgan fingerprint density at radius 2 is 1.80 bits per heavy atom. The van der Waals surface area contributed by atoms with Gasteiger partial charge in [-0.1, -0.05) is 32.8 Å². The van der Waals surface area contributed by atoms with Crippen molar-refractivity contribution in [3.05, 3.63) is 35.4 Å². The van der Waals surface area contributed by atoms with Crippen molar-refractivity contribution in [3.8, 4) is 0 Å². The van der Waals surface area contributed by atoms with Crippen molar-refractivity contribution in [2.45, 2.75) is 57.7 Å². The van der Waals surface area contributed by atoms with Crippen LogP contribution in [0.2, 0.25) is 0 Å². The molecule has 0 radical (unpaired) electrons. The Bertz CT molecular complexity index is 450. The lowest BCUT2D eigenvalue weighted by Gasteiger charge is -2.36. The molecule has 0 saturated heterocycles. The maximum absolute atomic E-state index is 13.3. The summed E-state index contributed by atoms with van der Waals surface area (Å²) in [7, 11) is 0. The van der Waals surface area contributed by atoms with Crippen LogP contribution in [-0.2, 0) is 6.42 Å². The summed E-state index contributed by atoms with van der Waals surface area (Å²) in [5.41, 5.74) is 0.958. The summed E-state index contributed by atoms with van der Waals surface area (Å²) in [5.74, 6) is -0.965. The maximum atomic E-state index is 13.3. The van der Waals surface area contributed by atoms with E-state index in [2.05, 4.69) is 13.8 Å². The van der Waals surface area contributed by atoms with Gasteiger partial charge in [0.1, 0.15) is 0 Å². The summed E-state index contributed by atoms with van der Waals surface area (Å²) in [6.45, 7) is 4.45. The molecule has 1 saturated carbocycles. The van der Waals surface area contributed by atoms with Gasteiger partial charge in [-0.2, -0.15) is 0 Å². The standard InChI is InChI=1S/C17H23ClF2/c1-12(2)11-17(7-3-4-8-17)16(18)10-13-5-6-14(19)15(20)9-13/h5-6,9,12,16H,3-4,7-8,10-11H2,1-2H3. The van der Waals surface area contributed by atoms with Gasteiger partial charge in [0.15, 0.2) is 11.6 Å². The number of rotatable bonds is 5. The third-order valence-electron chi connectivity index (χ3n) is 4.48. The Morgan fingerprint density at radius 1 is 1.15 bits per heavy atom. The van der Waals surface area contributed by atoms with Crippen LogP contribution in [-0.4, -0.2) is 5.38 Å². The smallest absolute Gasteiger partial charge is 0.159 e. The van der Waals surface area contributed by atoms with Gasteiger partial charge in [0.2, 0.25) is 0 Å². The minimum absolute atomic E-state index is 0.00254. The zero-order chi connectivity index (χ0) is 14.8. The van der Waals surface area contributed by atoms with Crippen LogP contribution in [0.3, 0.4) is 0 Å². The highest BCUT2D eigenvalue weighted by Gasteiger charge is 2.40. The van der Waals surface area contributed by atoms with Crippen LogP contribution in [0, 0.1) is 23.0 Å². The molecule has 1 aliphatic rings. The third-order valence-corrected chi connectivity index (χ3v) is 5.09. The molecule has 0 amide bonds. The van der Waals surface area contributed by atoms with Crippen molar-refractivity contribution >= 4 is 11.6 Å². The molecule has 1 aliphatic carbocycles. The largest absolute Gasteiger partial charge is 0.204 e. The highest BCUT2D eigenvalue weighted by atomic mass is 35.5. The van der Waals surface area contributed by atoms with E-state index in [1.165, 1.54) is 25.0 Å². The molecule has 0 N–H and O–H groups in total. The first kappa shape index (κ1) is 15.8. The van der Waals surface area contributed by atoms with Crippen molar-refractivity contribution in [2.24, 2.45) is 11.3 Å². The number of halogens is 3. The lowest BCUT2D eigenvalue weighted by atomic mass is 9.74. The molecule has 0 spiro atoms. The second-order valence-corrected chi connectivity index (χ2v) is 7.11. The minimum atomic E-state index is -0.794. The zero-order valence-electron chi connectivity index (χ0n) is 12.3. The van der Waals surface area contributed by atoms with Gasteiger partial charge in [-0.25, -0.2) is 8.78 Å². The fourth-order valence-electron chi connectivity index (χ4n) is 3.63. The second kappa shape index (κ2) is 6.43. The molecular formula is C17H23ClF2. The monoisotopic (exact) mass is 300 g/mol. The zero-order valence-corrected chi connectivity index (χ0v) is 13.0. The van der Waals surface area contributed by atoms with Crippen molar-refractivity contribution < 1.29 is 8.78 Å². The van der Waals surface area contributed by atoms with Gasteiger partial charge in [0, 0.05) is 5.38 Å². The normalized spacial score (nSPS) is 19.5. The van der Waals surface area contributed by atoms with Crippen LogP contribution in [0.25, 0.3) is 0 Å². The molecule has 0 bridgehead atoms. The van der Waals surface area contributed by atoms with Gasteiger partial charge in [-0.3, -0.25) is 0 Å². The topological polar surface area (TPSA) is 0 Å². The first-order valence-corrected chi connectivity index (χ1v) is 7.94. The first-order valence-electron chi connectivity index (χ1n) is 7.51. The summed E-state index contributed by atoms with van der Waals surface area (Å²) in [6.07, 6.45) is 6.50. The Kier molecular flexibility index (Phi) is 5.06. The molecule has 0 heterocycles. The van der Waals surface area contributed by atoms with Crippen molar-refractivity contribution in [2.75, 3.05) is 0 Å². The van der Waals surface area contributed by atoms with E-state index in [-0.39, 0.29) is 10.8 Å². The van der Waals surface area contributed by atoms with E-state index in [1.807, 2.05) is 0 Å². The van der Waals surface area contributed by atoms with E-state index < -0.39 is 11.6 Å². The number of hydrogen-bond acceptors (Lipinski definition) is 0. The fourth-order valence-corrected chi connectivity index (χ4v) is 4.11. The van der Waals surface area contributed by atoms with Gasteiger partial charge in [0.05, 0.1) is 0 Å². The molecule has 3 heteroatoms. The van der Waals surface area contributed by atoms with Gasteiger partial charge < -0.3 is 0 Å². The van der Waals surface area contributed by atoms with Crippen molar-refractivity contribution in [1.82, 2.24) is 0 Å². The van der Waals surface area contributed by atoms with E-state index in [0.717, 1.165) is 24.8 Å². The lowest BCUT2D eigenvalue weighted by Crippen LogP contribution is -2.31. The molecule has 1 atom stereocenters. The Hall–Kier alpha value is -0.630. The van der Waals surface area contributed by atoms with Crippen molar-refractivity contribution in [1.29, 1.82) is 0 Å². The highest BCUT2D eigenvalue weighted by Crippen LogP contribution is 2.48. The molecule has 0 nitrogen and oxygen atoms in total. The third kappa shape index (κ3) is 3.52. The summed E-state index contributed by atoms with van der Waals surface area (Å²) in [6, 6.07) is 4.12. The SMILES string of the molecule is CC(C)CC1(C(Cl)Cc2ccc(F)c(F)c2)CCCC1. The molecule has 1 aromatic carbocycles. The van der Waals surface area contributed by atoms with Crippen LogP contribution in [0.15, 0.2) is 18.2 Å². The molecule has 1 unspecified atom stereocenters. The van der Waals surface area contributed by atoms with Gasteiger partial charge in [0.25, 0.3) is 0 Å². The molecule has 1 fully saturated rings.